The number of aryl methyl sites for hydroxylation is 1. The van der Waals surface area contributed by atoms with Gasteiger partial charge in [0, 0.05) is 43.4 Å². The minimum atomic E-state index is 0.0272. The zero-order valence-electron chi connectivity index (χ0n) is 15.3. The maximum Gasteiger partial charge on any atom is 0.317 e. The van der Waals surface area contributed by atoms with Gasteiger partial charge in [-0.3, -0.25) is 0 Å². The molecule has 2 aliphatic rings. The van der Waals surface area contributed by atoms with Crippen LogP contribution in [0.25, 0.3) is 0 Å². The van der Waals surface area contributed by atoms with Gasteiger partial charge in [0.1, 0.15) is 0 Å². The predicted octanol–water partition coefficient (Wildman–Crippen LogP) is 3.29. The maximum atomic E-state index is 12.4. The summed E-state index contributed by atoms with van der Waals surface area (Å²) >= 11 is 6.14. The van der Waals surface area contributed by atoms with Crippen molar-refractivity contribution in [1.29, 1.82) is 0 Å². The van der Waals surface area contributed by atoms with Crippen LogP contribution in [-0.2, 0) is 4.74 Å². The third-order valence-corrected chi connectivity index (χ3v) is 5.28. The first-order valence-corrected chi connectivity index (χ1v) is 9.49. The second-order valence-electron chi connectivity index (χ2n) is 7.38. The molecule has 2 amide bonds. The normalized spacial score (nSPS) is 26.8. The molecule has 0 aromatic heterocycles. The molecule has 3 atom stereocenters. The number of anilines is 1. The average molecular weight is 366 g/mol. The molecule has 0 saturated carbocycles. The topological polar surface area (TPSA) is 44.8 Å². The Balaban J connectivity index is 1.50. The van der Waals surface area contributed by atoms with Crippen LogP contribution in [-0.4, -0.2) is 55.9 Å². The van der Waals surface area contributed by atoms with Gasteiger partial charge < -0.3 is 19.9 Å². The van der Waals surface area contributed by atoms with Crippen LogP contribution in [0.5, 0.6) is 0 Å². The molecule has 138 valence electrons. The lowest BCUT2D eigenvalue weighted by Gasteiger charge is -2.35. The Kier molecular flexibility index (Phi) is 5.74. The van der Waals surface area contributed by atoms with Crippen molar-refractivity contribution in [3.8, 4) is 0 Å². The maximum absolute atomic E-state index is 12.4. The van der Waals surface area contributed by atoms with E-state index in [4.69, 9.17) is 16.3 Å². The van der Waals surface area contributed by atoms with Gasteiger partial charge in [0.15, 0.2) is 0 Å². The number of benzene rings is 1. The fourth-order valence-corrected chi connectivity index (χ4v) is 3.99. The monoisotopic (exact) mass is 365 g/mol. The molecule has 5 nitrogen and oxygen atoms in total. The van der Waals surface area contributed by atoms with E-state index < -0.39 is 0 Å². The second kappa shape index (κ2) is 7.83. The highest BCUT2D eigenvalue weighted by atomic mass is 35.5. The molecular formula is C19H28ClN3O2. The van der Waals surface area contributed by atoms with Gasteiger partial charge in [-0.05, 0) is 50.8 Å². The Morgan fingerprint density at radius 1 is 1.28 bits per heavy atom. The Morgan fingerprint density at radius 2 is 2.00 bits per heavy atom. The van der Waals surface area contributed by atoms with Crippen LogP contribution >= 0.6 is 11.6 Å². The lowest BCUT2D eigenvalue weighted by molar-refractivity contribution is -0.0545. The standard InChI is InChI=1S/C19H28ClN3O2/c1-13-4-5-17(20)8-18(13)22-7-6-16(12-22)9-21-19(24)23-10-14(2)25-15(3)11-23/h4-5,8,14-16H,6-7,9-12H2,1-3H3,(H,21,24). The Morgan fingerprint density at radius 3 is 2.72 bits per heavy atom. The van der Waals surface area contributed by atoms with Crippen LogP contribution in [0.4, 0.5) is 10.5 Å². The summed E-state index contributed by atoms with van der Waals surface area (Å²) in [6.07, 6.45) is 1.28. The van der Waals surface area contributed by atoms with E-state index in [1.165, 1.54) is 11.3 Å². The van der Waals surface area contributed by atoms with Gasteiger partial charge in [-0.15, -0.1) is 0 Å². The number of rotatable bonds is 3. The molecule has 2 fully saturated rings. The minimum Gasteiger partial charge on any atom is -0.372 e. The second-order valence-corrected chi connectivity index (χ2v) is 7.82. The van der Waals surface area contributed by atoms with Crippen molar-refractivity contribution in [3.05, 3.63) is 28.8 Å². The van der Waals surface area contributed by atoms with Crippen molar-refractivity contribution >= 4 is 23.3 Å². The molecule has 1 aromatic carbocycles. The largest absolute Gasteiger partial charge is 0.372 e. The van der Waals surface area contributed by atoms with Crippen molar-refractivity contribution in [2.45, 2.75) is 39.4 Å². The van der Waals surface area contributed by atoms with Crippen LogP contribution in [0.1, 0.15) is 25.8 Å². The van der Waals surface area contributed by atoms with Crippen molar-refractivity contribution in [3.63, 3.8) is 0 Å². The molecule has 1 aromatic rings. The van der Waals surface area contributed by atoms with Gasteiger partial charge in [0.2, 0.25) is 0 Å². The molecule has 1 N–H and O–H groups in total. The third kappa shape index (κ3) is 4.59. The van der Waals surface area contributed by atoms with E-state index in [-0.39, 0.29) is 18.2 Å². The number of nitrogens with zero attached hydrogens (tertiary/aromatic N) is 2. The number of morpholine rings is 1. The van der Waals surface area contributed by atoms with Crippen LogP contribution in [0.2, 0.25) is 5.02 Å². The summed E-state index contributed by atoms with van der Waals surface area (Å²) in [4.78, 5) is 16.7. The van der Waals surface area contributed by atoms with Gasteiger partial charge in [0.05, 0.1) is 12.2 Å². The average Bonchev–Trinajstić information content (AvgIpc) is 3.02. The number of ether oxygens (including phenoxy) is 1. The minimum absolute atomic E-state index is 0.0272. The molecule has 2 aliphatic heterocycles. The number of amides is 2. The molecular weight excluding hydrogens is 338 g/mol. The van der Waals surface area contributed by atoms with Crippen LogP contribution < -0.4 is 10.2 Å². The summed E-state index contributed by atoms with van der Waals surface area (Å²) in [5.41, 5.74) is 2.45. The Bertz CT molecular complexity index is 615. The van der Waals surface area contributed by atoms with Crippen LogP contribution in [0, 0.1) is 12.8 Å². The SMILES string of the molecule is Cc1ccc(Cl)cc1N1CCC(CNC(=O)N2CC(C)OC(C)C2)C1. The number of hydrogen-bond acceptors (Lipinski definition) is 3. The predicted molar refractivity (Wildman–Crippen MR) is 101 cm³/mol. The van der Waals surface area contributed by atoms with E-state index in [0.29, 0.717) is 19.0 Å². The van der Waals surface area contributed by atoms with Crippen molar-refractivity contribution in [2.24, 2.45) is 5.92 Å². The first-order valence-electron chi connectivity index (χ1n) is 9.11. The Labute approximate surface area is 155 Å². The number of carbonyl (C=O) groups excluding carboxylic acids is 1. The number of carbonyl (C=O) groups is 1. The van der Waals surface area contributed by atoms with Gasteiger partial charge in [0.25, 0.3) is 0 Å². The summed E-state index contributed by atoms with van der Waals surface area (Å²) in [5.74, 6) is 0.471. The molecule has 3 unspecified atom stereocenters. The number of urea groups is 1. The van der Waals surface area contributed by atoms with Crippen LogP contribution in [0.15, 0.2) is 18.2 Å². The van der Waals surface area contributed by atoms with Crippen molar-refractivity contribution in [1.82, 2.24) is 10.2 Å². The van der Waals surface area contributed by atoms with Crippen LogP contribution in [0.3, 0.4) is 0 Å². The molecule has 0 bridgehead atoms. The highest BCUT2D eigenvalue weighted by Crippen LogP contribution is 2.29. The molecule has 3 rings (SSSR count). The fourth-order valence-electron chi connectivity index (χ4n) is 3.83. The quantitative estimate of drug-likeness (QED) is 0.893. The van der Waals surface area contributed by atoms with E-state index in [1.54, 1.807) is 0 Å². The summed E-state index contributed by atoms with van der Waals surface area (Å²) < 4.78 is 5.69. The Hall–Kier alpha value is -1.46. The summed E-state index contributed by atoms with van der Waals surface area (Å²) in [6.45, 7) is 10.1. The van der Waals surface area contributed by atoms with Gasteiger partial charge in [-0.2, -0.15) is 0 Å². The molecule has 0 spiro atoms. The summed E-state index contributed by atoms with van der Waals surface area (Å²) in [5, 5.41) is 3.88. The van der Waals surface area contributed by atoms with Crippen molar-refractivity contribution < 1.29 is 9.53 Å². The molecule has 2 saturated heterocycles. The molecule has 25 heavy (non-hydrogen) atoms. The molecule has 0 aliphatic carbocycles. The van der Waals surface area contributed by atoms with Gasteiger partial charge in [-0.25, -0.2) is 4.79 Å². The van der Waals surface area contributed by atoms with E-state index in [9.17, 15) is 4.79 Å². The van der Waals surface area contributed by atoms with E-state index in [1.807, 2.05) is 30.9 Å². The number of halogens is 1. The zero-order valence-corrected chi connectivity index (χ0v) is 16.1. The lowest BCUT2D eigenvalue weighted by Crippen LogP contribution is -2.52. The summed E-state index contributed by atoms with van der Waals surface area (Å²) in [6, 6.07) is 6.06. The highest BCUT2D eigenvalue weighted by molar-refractivity contribution is 6.30. The van der Waals surface area contributed by atoms with E-state index >= 15 is 0 Å². The first kappa shape index (κ1) is 18.3. The van der Waals surface area contributed by atoms with E-state index in [2.05, 4.69) is 23.2 Å². The number of hydrogen-bond donors (Lipinski definition) is 1. The smallest absolute Gasteiger partial charge is 0.317 e. The lowest BCUT2D eigenvalue weighted by atomic mass is 10.1. The summed E-state index contributed by atoms with van der Waals surface area (Å²) in [7, 11) is 0. The van der Waals surface area contributed by atoms with E-state index in [0.717, 1.165) is 31.1 Å². The fraction of sp³-hybridized carbons (Fsp3) is 0.632. The highest BCUT2D eigenvalue weighted by Gasteiger charge is 2.28. The molecule has 0 radical (unpaired) electrons. The molecule has 2 heterocycles. The third-order valence-electron chi connectivity index (χ3n) is 5.05. The number of nitrogens with one attached hydrogen (secondary N) is 1. The first-order chi connectivity index (χ1) is 11.9. The van der Waals surface area contributed by atoms with Gasteiger partial charge >= 0.3 is 6.03 Å². The zero-order chi connectivity index (χ0) is 18.0. The molecule has 6 heteroatoms. The van der Waals surface area contributed by atoms with Gasteiger partial charge in [-0.1, -0.05) is 17.7 Å². The van der Waals surface area contributed by atoms with Crippen molar-refractivity contribution in [2.75, 3.05) is 37.6 Å².